The molecule has 1 amide bonds. The minimum Gasteiger partial charge on any atom is -0.467 e. The number of benzene rings is 1. The molecule has 4 nitrogen and oxygen atoms in total. The fourth-order valence-electron chi connectivity index (χ4n) is 2.17. The Balaban J connectivity index is 1.93. The molecule has 0 fully saturated rings. The van der Waals surface area contributed by atoms with E-state index in [9.17, 15) is 9.90 Å². The van der Waals surface area contributed by atoms with E-state index in [0.717, 1.165) is 11.1 Å². The summed E-state index contributed by atoms with van der Waals surface area (Å²) in [6, 6.07) is 7.54. The van der Waals surface area contributed by atoms with Crippen LogP contribution in [0.15, 0.2) is 41.0 Å². The number of amides is 1. The maximum atomic E-state index is 11.8. The predicted molar refractivity (Wildman–Crippen MR) is 86.4 cm³/mol. The molecule has 4 heteroatoms. The van der Waals surface area contributed by atoms with E-state index in [1.807, 2.05) is 13.8 Å². The van der Waals surface area contributed by atoms with Crippen LogP contribution in [0.5, 0.6) is 0 Å². The molecule has 1 unspecified atom stereocenters. The first kappa shape index (κ1) is 16.0. The van der Waals surface area contributed by atoms with E-state index in [1.165, 1.54) is 23.5 Å². The van der Waals surface area contributed by atoms with E-state index < -0.39 is 6.10 Å². The van der Waals surface area contributed by atoms with Crippen molar-refractivity contribution in [1.29, 1.82) is 0 Å². The highest BCUT2D eigenvalue weighted by atomic mass is 16.4. The van der Waals surface area contributed by atoms with Gasteiger partial charge < -0.3 is 14.8 Å². The SMILES string of the molecule is Cc1cc(C)c(/C=C/C(=O)NCC(O)c2ccco2)cc1C. The molecule has 0 aliphatic heterocycles. The molecule has 0 radical (unpaired) electrons. The highest BCUT2D eigenvalue weighted by Crippen LogP contribution is 2.16. The van der Waals surface area contributed by atoms with E-state index in [0.29, 0.717) is 5.76 Å². The van der Waals surface area contributed by atoms with Crippen LogP contribution in [-0.4, -0.2) is 17.6 Å². The third kappa shape index (κ3) is 4.09. The minimum absolute atomic E-state index is 0.114. The Morgan fingerprint density at radius 2 is 2.00 bits per heavy atom. The van der Waals surface area contributed by atoms with E-state index >= 15 is 0 Å². The van der Waals surface area contributed by atoms with E-state index in [4.69, 9.17) is 4.42 Å². The lowest BCUT2D eigenvalue weighted by atomic mass is 10.0. The maximum Gasteiger partial charge on any atom is 0.244 e. The Kier molecular flexibility index (Phi) is 5.17. The molecule has 0 bridgehead atoms. The van der Waals surface area contributed by atoms with Gasteiger partial charge in [-0.1, -0.05) is 12.1 Å². The molecule has 0 aliphatic carbocycles. The first-order valence-corrected chi connectivity index (χ1v) is 7.22. The molecule has 0 aliphatic rings. The number of rotatable bonds is 5. The molecule has 2 aromatic rings. The summed E-state index contributed by atoms with van der Waals surface area (Å²) in [5, 5.41) is 12.5. The van der Waals surface area contributed by atoms with Gasteiger partial charge in [0.05, 0.1) is 12.8 Å². The highest BCUT2D eigenvalue weighted by molar-refractivity contribution is 5.91. The van der Waals surface area contributed by atoms with E-state index in [-0.39, 0.29) is 12.5 Å². The molecule has 116 valence electrons. The first-order chi connectivity index (χ1) is 10.5. The average molecular weight is 299 g/mol. The molecule has 2 N–H and O–H groups in total. The summed E-state index contributed by atoms with van der Waals surface area (Å²) in [6.45, 7) is 6.25. The van der Waals surface area contributed by atoms with Crippen LogP contribution < -0.4 is 5.32 Å². The molecule has 1 aromatic carbocycles. The minimum atomic E-state index is -0.837. The average Bonchev–Trinajstić information content (AvgIpc) is 3.01. The van der Waals surface area contributed by atoms with E-state index in [2.05, 4.69) is 24.4 Å². The zero-order chi connectivity index (χ0) is 16.1. The highest BCUT2D eigenvalue weighted by Gasteiger charge is 2.10. The second kappa shape index (κ2) is 7.09. The van der Waals surface area contributed by atoms with Crippen LogP contribution in [-0.2, 0) is 4.79 Å². The number of hydrogen-bond acceptors (Lipinski definition) is 3. The zero-order valence-corrected chi connectivity index (χ0v) is 13.1. The summed E-state index contributed by atoms with van der Waals surface area (Å²) in [5.41, 5.74) is 4.58. The van der Waals surface area contributed by atoms with Gasteiger partial charge in [-0.2, -0.15) is 0 Å². The van der Waals surface area contributed by atoms with E-state index in [1.54, 1.807) is 18.2 Å². The Morgan fingerprint density at radius 3 is 2.68 bits per heavy atom. The number of nitrogens with one attached hydrogen (secondary N) is 1. The van der Waals surface area contributed by atoms with Crippen LogP contribution in [0.4, 0.5) is 0 Å². The lowest BCUT2D eigenvalue weighted by molar-refractivity contribution is -0.116. The van der Waals surface area contributed by atoms with Gasteiger partial charge in [-0.25, -0.2) is 0 Å². The number of carbonyl (C=O) groups excluding carboxylic acids is 1. The predicted octanol–water partition coefficient (Wildman–Crippen LogP) is 3.07. The summed E-state index contributed by atoms with van der Waals surface area (Å²) in [5.74, 6) is 0.192. The van der Waals surface area contributed by atoms with Crippen LogP contribution in [0.2, 0.25) is 0 Å². The molecule has 1 aromatic heterocycles. The van der Waals surface area contributed by atoms with Crippen molar-refractivity contribution in [3.63, 3.8) is 0 Å². The van der Waals surface area contributed by atoms with Gasteiger partial charge in [-0.15, -0.1) is 0 Å². The van der Waals surface area contributed by atoms with Gasteiger partial charge in [0, 0.05) is 6.08 Å². The monoisotopic (exact) mass is 299 g/mol. The smallest absolute Gasteiger partial charge is 0.244 e. The molecule has 0 saturated heterocycles. The molecule has 22 heavy (non-hydrogen) atoms. The maximum absolute atomic E-state index is 11.8. The standard InChI is InChI=1S/C18H21NO3/c1-12-9-14(3)15(10-13(12)2)6-7-18(21)19-11-16(20)17-5-4-8-22-17/h4-10,16,20H,11H2,1-3H3,(H,19,21)/b7-6+. The number of furan rings is 1. The van der Waals surface area contributed by atoms with Crippen LogP contribution in [0.1, 0.15) is 34.1 Å². The fourth-order valence-corrected chi connectivity index (χ4v) is 2.17. The van der Waals surface area contributed by atoms with Crippen molar-refractivity contribution < 1.29 is 14.3 Å². The summed E-state index contributed by atoms with van der Waals surface area (Å²) >= 11 is 0. The van der Waals surface area contributed by atoms with Crippen LogP contribution in [0.25, 0.3) is 6.08 Å². The molecular formula is C18H21NO3. The Labute approximate surface area is 130 Å². The number of aryl methyl sites for hydroxylation is 3. The summed E-state index contributed by atoms with van der Waals surface area (Å²) in [4.78, 5) is 11.8. The Hall–Kier alpha value is -2.33. The summed E-state index contributed by atoms with van der Waals surface area (Å²) in [6.07, 6.45) is 3.92. The second-order valence-corrected chi connectivity index (χ2v) is 5.40. The number of aliphatic hydroxyl groups excluding tert-OH is 1. The Bertz CT molecular complexity index is 672. The molecule has 1 heterocycles. The molecule has 0 spiro atoms. The van der Waals surface area contributed by atoms with Gasteiger partial charge >= 0.3 is 0 Å². The van der Waals surface area contributed by atoms with Gasteiger partial charge in [0.2, 0.25) is 5.91 Å². The first-order valence-electron chi connectivity index (χ1n) is 7.22. The van der Waals surface area contributed by atoms with Gasteiger partial charge in [0.25, 0.3) is 0 Å². The fraction of sp³-hybridized carbons (Fsp3) is 0.278. The topological polar surface area (TPSA) is 62.5 Å². The number of aliphatic hydroxyl groups is 1. The largest absolute Gasteiger partial charge is 0.467 e. The van der Waals surface area contributed by atoms with Gasteiger partial charge in [-0.05, 0) is 61.2 Å². The van der Waals surface area contributed by atoms with Crippen molar-refractivity contribution in [1.82, 2.24) is 5.32 Å². The lowest BCUT2D eigenvalue weighted by Crippen LogP contribution is -2.26. The van der Waals surface area contributed by atoms with Crippen molar-refractivity contribution >= 4 is 12.0 Å². The molecule has 2 rings (SSSR count). The summed E-state index contributed by atoms with van der Waals surface area (Å²) in [7, 11) is 0. The molecular weight excluding hydrogens is 278 g/mol. The number of hydrogen-bond donors (Lipinski definition) is 2. The third-order valence-corrected chi connectivity index (χ3v) is 3.64. The van der Waals surface area contributed by atoms with Gasteiger partial charge in [0.15, 0.2) is 0 Å². The molecule has 0 saturated carbocycles. The summed E-state index contributed by atoms with van der Waals surface area (Å²) < 4.78 is 5.08. The van der Waals surface area contributed by atoms with Crippen molar-refractivity contribution in [3.8, 4) is 0 Å². The normalized spacial score (nSPS) is 12.5. The zero-order valence-electron chi connectivity index (χ0n) is 13.1. The Morgan fingerprint density at radius 1 is 1.27 bits per heavy atom. The van der Waals surface area contributed by atoms with Crippen molar-refractivity contribution in [2.45, 2.75) is 26.9 Å². The van der Waals surface area contributed by atoms with Gasteiger partial charge in [-0.3, -0.25) is 4.79 Å². The van der Waals surface area contributed by atoms with Gasteiger partial charge in [0.1, 0.15) is 11.9 Å². The van der Waals surface area contributed by atoms with Crippen LogP contribution >= 0.6 is 0 Å². The van der Waals surface area contributed by atoms with Crippen molar-refractivity contribution in [2.75, 3.05) is 6.54 Å². The van der Waals surface area contributed by atoms with Crippen molar-refractivity contribution in [3.05, 3.63) is 64.6 Å². The van der Waals surface area contributed by atoms with Crippen molar-refractivity contribution in [2.24, 2.45) is 0 Å². The van der Waals surface area contributed by atoms with Crippen LogP contribution in [0, 0.1) is 20.8 Å². The molecule has 1 atom stereocenters. The van der Waals surface area contributed by atoms with Crippen LogP contribution in [0.3, 0.4) is 0 Å². The number of carbonyl (C=O) groups is 1. The third-order valence-electron chi connectivity index (χ3n) is 3.64. The quantitative estimate of drug-likeness (QED) is 0.834. The second-order valence-electron chi connectivity index (χ2n) is 5.40. The lowest BCUT2D eigenvalue weighted by Gasteiger charge is -2.08.